The second-order valence-corrected chi connectivity index (χ2v) is 10.2. The summed E-state index contributed by atoms with van der Waals surface area (Å²) in [5.41, 5.74) is 4.28. The number of thioether (sulfide) groups is 1. The minimum absolute atomic E-state index is 0.293. The predicted molar refractivity (Wildman–Crippen MR) is 128 cm³/mol. The average Bonchev–Trinajstić information content (AvgIpc) is 2.77. The van der Waals surface area contributed by atoms with Crippen molar-refractivity contribution in [3.05, 3.63) is 59.2 Å². The largest absolute Gasteiger partial charge is 0.490 e. The summed E-state index contributed by atoms with van der Waals surface area (Å²) in [6, 6.07) is 15.9. The molecule has 0 radical (unpaired) electrons. The Kier molecular flexibility index (Phi) is 7.07. The molecule has 0 aromatic heterocycles. The molecule has 2 aliphatic heterocycles. The molecule has 2 aliphatic rings. The maximum Gasteiger partial charge on any atom is 0.120 e. The van der Waals surface area contributed by atoms with Gasteiger partial charge < -0.3 is 15.0 Å². The van der Waals surface area contributed by atoms with Gasteiger partial charge in [0, 0.05) is 23.9 Å². The second kappa shape index (κ2) is 9.76. The molecule has 0 spiro atoms. The molecule has 2 unspecified atom stereocenters. The number of hydrogen-bond acceptors (Lipinski definition) is 4. The van der Waals surface area contributed by atoms with Crippen LogP contribution in [0.5, 0.6) is 5.75 Å². The summed E-state index contributed by atoms with van der Waals surface area (Å²) in [4.78, 5) is 3.76. The molecular formula is C26H36N2OS. The molecule has 0 amide bonds. The summed E-state index contributed by atoms with van der Waals surface area (Å²) in [5, 5.41) is 3.48. The zero-order chi connectivity index (χ0) is 21.1. The molecule has 2 aromatic carbocycles. The SMILES string of the molecule is CSc1ccc(C2CN(C)Cc3cc(OC(C(C)C)C4CCNCC4)ccc32)cc1. The number of piperidine rings is 1. The van der Waals surface area contributed by atoms with Gasteiger partial charge in [-0.25, -0.2) is 0 Å². The molecule has 0 aliphatic carbocycles. The summed E-state index contributed by atoms with van der Waals surface area (Å²) >= 11 is 1.80. The van der Waals surface area contributed by atoms with Crippen molar-refractivity contribution < 1.29 is 4.74 Å². The summed E-state index contributed by atoms with van der Waals surface area (Å²) in [6.45, 7) is 8.88. The minimum atomic E-state index is 0.293. The van der Waals surface area contributed by atoms with Crippen LogP contribution < -0.4 is 10.1 Å². The summed E-state index contributed by atoms with van der Waals surface area (Å²) < 4.78 is 6.64. The van der Waals surface area contributed by atoms with Gasteiger partial charge in [-0.2, -0.15) is 0 Å². The molecule has 0 bridgehead atoms. The van der Waals surface area contributed by atoms with Gasteiger partial charge in [0.1, 0.15) is 11.9 Å². The van der Waals surface area contributed by atoms with Crippen LogP contribution in [0.1, 0.15) is 49.3 Å². The summed E-state index contributed by atoms with van der Waals surface area (Å²) in [5.74, 6) is 2.63. The van der Waals surface area contributed by atoms with E-state index in [9.17, 15) is 0 Å². The number of benzene rings is 2. The van der Waals surface area contributed by atoms with Gasteiger partial charge in [0.15, 0.2) is 0 Å². The highest BCUT2D eigenvalue weighted by atomic mass is 32.2. The third-order valence-electron chi connectivity index (χ3n) is 6.72. The van der Waals surface area contributed by atoms with E-state index in [0.717, 1.165) is 31.9 Å². The van der Waals surface area contributed by atoms with Crippen LogP contribution in [0.25, 0.3) is 0 Å². The Morgan fingerprint density at radius 1 is 1.07 bits per heavy atom. The first kappa shape index (κ1) is 21.7. The third-order valence-corrected chi connectivity index (χ3v) is 7.46. The van der Waals surface area contributed by atoms with Crippen molar-refractivity contribution in [2.24, 2.45) is 11.8 Å². The van der Waals surface area contributed by atoms with Crippen LogP contribution in [0.4, 0.5) is 0 Å². The van der Waals surface area contributed by atoms with Gasteiger partial charge in [0.2, 0.25) is 0 Å². The lowest BCUT2D eigenvalue weighted by molar-refractivity contribution is 0.0718. The molecule has 4 rings (SSSR count). The molecule has 1 N–H and O–H groups in total. The van der Waals surface area contributed by atoms with Crippen LogP contribution in [-0.2, 0) is 6.54 Å². The van der Waals surface area contributed by atoms with Gasteiger partial charge in [0.25, 0.3) is 0 Å². The third kappa shape index (κ3) is 4.87. The number of hydrogen-bond donors (Lipinski definition) is 1. The smallest absolute Gasteiger partial charge is 0.120 e. The van der Waals surface area contributed by atoms with Crippen molar-refractivity contribution >= 4 is 11.8 Å². The van der Waals surface area contributed by atoms with Gasteiger partial charge in [-0.3, -0.25) is 0 Å². The van der Waals surface area contributed by atoms with Crippen molar-refractivity contribution in [3.63, 3.8) is 0 Å². The molecule has 162 valence electrons. The van der Waals surface area contributed by atoms with Crippen LogP contribution in [0, 0.1) is 11.8 Å². The van der Waals surface area contributed by atoms with Crippen LogP contribution in [-0.4, -0.2) is 43.9 Å². The molecule has 3 nitrogen and oxygen atoms in total. The maximum atomic E-state index is 6.64. The molecule has 1 saturated heterocycles. The molecule has 2 atom stereocenters. The standard InChI is InChI=1S/C26H36N2OS/c1-18(2)26(20-11-13-27-14-12-20)29-22-7-10-24-21(15-22)16-28(3)17-25(24)19-5-8-23(30-4)9-6-19/h5-10,15,18,20,25-27H,11-14,16-17H2,1-4H3. The number of nitrogens with zero attached hydrogens (tertiary/aromatic N) is 1. The van der Waals surface area contributed by atoms with E-state index < -0.39 is 0 Å². The highest BCUT2D eigenvalue weighted by Crippen LogP contribution is 2.36. The lowest BCUT2D eigenvalue weighted by Gasteiger charge is -2.35. The van der Waals surface area contributed by atoms with E-state index in [-0.39, 0.29) is 0 Å². The highest BCUT2D eigenvalue weighted by Gasteiger charge is 2.29. The Labute approximate surface area is 186 Å². The molecule has 0 saturated carbocycles. The van der Waals surface area contributed by atoms with E-state index in [4.69, 9.17) is 4.74 Å². The molecule has 2 aromatic rings. The van der Waals surface area contributed by atoms with E-state index in [1.807, 2.05) is 0 Å². The monoisotopic (exact) mass is 424 g/mol. The van der Waals surface area contributed by atoms with Gasteiger partial charge in [-0.15, -0.1) is 11.8 Å². The minimum Gasteiger partial charge on any atom is -0.490 e. The number of rotatable bonds is 6. The number of fused-ring (bicyclic) bond motifs is 1. The fourth-order valence-electron chi connectivity index (χ4n) is 5.13. The van der Waals surface area contributed by atoms with Gasteiger partial charge >= 0.3 is 0 Å². The maximum absolute atomic E-state index is 6.64. The molecular weight excluding hydrogens is 388 g/mol. The predicted octanol–water partition coefficient (Wildman–Crippen LogP) is 5.39. The first-order chi connectivity index (χ1) is 14.5. The lowest BCUT2D eigenvalue weighted by atomic mass is 9.84. The normalized spacial score (nSPS) is 21.4. The van der Waals surface area contributed by atoms with Gasteiger partial charge in [0.05, 0.1) is 0 Å². The fourth-order valence-corrected chi connectivity index (χ4v) is 5.53. The van der Waals surface area contributed by atoms with Crippen LogP contribution >= 0.6 is 11.8 Å². The van der Waals surface area contributed by atoms with Gasteiger partial charge in [-0.1, -0.05) is 32.0 Å². The van der Waals surface area contributed by atoms with Crippen molar-refractivity contribution in [1.29, 1.82) is 0 Å². The Balaban J connectivity index is 1.57. The van der Waals surface area contributed by atoms with E-state index in [0.29, 0.717) is 23.9 Å². The highest BCUT2D eigenvalue weighted by molar-refractivity contribution is 7.98. The Hall–Kier alpha value is -1.49. The van der Waals surface area contributed by atoms with E-state index in [1.54, 1.807) is 11.8 Å². The summed E-state index contributed by atoms with van der Waals surface area (Å²) in [6.07, 6.45) is 4.85. The van der Waals surface area contributed by atoms with E-state index in [2.05, 4.69) is 79.8 Å². The van der Waals surface area contributed by atoms with Gasteiger partial charge in [-0.05, 0) is 92.0 Å². The number of likely N-dealkylation sites (N-methyl/N-ethyl adjacent to an activating group) is 1. The van der Waals surface area contributed by atoms with E-state index >= 15 is 0 Å². The quantitative estimate of drug-likeness (QED) is 0.629. The first-order valence-electron chi connectivity index (χ1n) is 11.4. The second-order valence-electron chi connectivity index (χ2n) is 9.30. The van der Waals surface area contributed by atoms with E-state index in [1.165, 1.54) is 34.4 Å². The van der Waals surface area contributed by atoms with Crippen molar-refractivity contribution in [2.45, 2.75) is 50.2 Å². The average molecular weight is 425 g/mol. The zero-order valence-corrected chi connectivity index (χ0v) is 19.7. The molecule has 30 heavy (non-hydrogen) atoms. The summed E-state index contributed by atoms with van der Waals surface area (Å²) in [7, 11) is 2.23. The molecule has 4 heteroatoms. The van der Waals surface area contributed by atoms with Crippen molar-refractivity contribution in [3.8, 4) is 5.75 Å². The molecule has 1 fully saturated rings. The Morgan fingerprint density at radius 3 is 2.47 bits per heavy atom. The van der Waals surface area contributed by atoms with Crippen LogP contribution in [0.2, 0.25) is 0 Å². The van der Waals surface area contributed by atoms with Crippen molar-refractivity contribution in [2.75, 3.05) is 32.9 Å². The first-order valence-corrected chi connectivity index (χ1v) is 12.6. The fraction of sp³-hybridized carbons (Fsp3) is 0.538. The number of nitrogens with one attached hydrogen (secondary N) is 1. The number of ether oxygens (including phenoxy) is 1. The Morgan fingerprint density at radius 2 is 1.80 bits per heavy atom. The lowest BCUT2D eigenvalue weighted by Crippen LogP contribution is -2.39. The van der Waals surface area contributed by atoms with Crippen LogP contribution in [0.15, 0.2) is 47.4 Å². The Bertz CT molecular complexity index is 829. The van der Waals surface area contributed by atoms with Crippen LogP contribution in [0.3, 0.4) is 0 Å². The zero-order valence-electron chi connectivity index (χ0n) is 18.9. The van der Waals surface area contributed by atoms with Crippen molar-refractivity contribution in [1.82, 2.24) is 10.2 Å². The molecule has 2 heterocycles. The topological polar surface area (TPSA) is 24.5 Å².